The molecule has 2 rings (SSSR count). The van der Waals surface area contributed by atoms with E-state index in [1.807, 2.05) is 24.3 Å². The zero-order valence-electron chi connectivity index (χ0n) is 10.6. The summed E-state index contributed by atoms with van der Waals surface area (Å²) in [4.78, 5) is 11.4. The number of rotatable bonds is 5. The van der Waals surface area contributed by atoms with Crippen LogP contribution < -0.4 is 5.32 Å². The smallest absolute Gasteiger partial charge is 0.374 e. The minimum absolute atomic E-state index is 0.0223. The first kappa shape index (κ1) is 13.2. The molecule has 0 atom stereocenters. The van der Waals surface area contributed by atoms with E-state index in [4.69, 9.17) is 9.52 Å². The lowest BCUT2D eigenvalue weighted by molar-refractivity contribution is 0.0563. The van der Waals surface area contributed by atoms with E-state index in [9.17, 15) is 4.79 Å². The summed E-state index contributed by atoms with van der Waals surface area (Å²) in [6, 6.07) is 9.12. The molecule has 5 heteroatoms. The Balaban J connectivity index is 2.02. The number of hydrogen-bond acceptors (Lipinski definition) is 5. The van der Waals surface area contributed by atoms with E-state index in [0.717, 1.165) is 16.8 Å². The van der Waals surface area contributed by atoms with E-state index in [1.165, 1.54) is 13.4 Å². The van der Waals surface area contributed by atoms with E-state index < -0.39 is 5.97 Å². The highest BCUT2D eigenvalue weighted by atomic mass is 16.5. The van der Waals surface area contributed by atoms with E-state index in [-0.39, 0.29) is 12.4 Å². The molecule has 0 fully saturated rings. The zero-order valence-corrected chi connectivity index (χ0v) is 10.6. The third kappa shape index (κ3) is 3.14. The average molecular weight is 261 g/mol. The number of aliphatic hydroxyl groups is 1. The van der Waals surface area contributed by atoms with Crippen LogP contribution in [0, 0.1) is 0 Å². The van der Waals surface area contributed by atoms with Crippen LogP contribution in [0.15, 0.2) is 41.0 Å². The number of nitrogens with one attached hydrogen (secondary N) is 1. The van der Waals surface area contributed by atoms with Gasteiger partial charge in [0.15, 0.2) is 0 Å². The Bertz CT molecular complexity index is 545. The number of methoxy groups -OCH3 is 1. The fourth-order valence-electron chi connectivity index (χ4n) is 1.67. The van der Waals surface area contributed by atoms with Crippen molar-refractivity contribution in [1.82, 2.24) is 0 Å². The van der Waals surface area contributed by atoms with Crippen molar-refractivity contribution in [3.63, 3.8) is 0 Å². The Morgan fingerprint density at radius 3 is 2.68 bits per heavy atom. The number of benzene rings is 1. The van der Waals surface area contributed by atoms with Gasteiger partial charge in [0.25, 0.3) is 0 Å². The second kappa shape index (κ2) is 6.06. The predicted octanol–water partition coefficient (Wildman–Crippen LogP) is 2.17. The van der Waals surface area contributed by atoms with Crippen molar-refractivity contribution in [1.29, 1.82) is 0 Å². The first-order chi connectivity index (χ1) is 9.24. The van der Waals surface area contributed by atoms with Crippen LogP contribution in [-0.2, 0) is 17.9 Å². The molecule has 0 amide bonds. The van der Waals surface area contributed by atoms with Gasteiger partial charge in [-0.25, -0.2) is 4.79 Å². The second-order valence-electron chi connectivity index (χ2n) is 3.98. The SMILES string of the molecule is COC(=O)c1occc1CNc1ccc(CO)cc1. The van der Waals surface area contributed by atoms with Crippen molar-refractivity contribution in [3.05, 3.63) is 53.5 Å². The van der Waals surface area contributed by atoms with Gasteiger partial charge in [-0.05, 0) is 23.8 Å². The number of esters is 1. The Kier molecular flexibility index (Phi) is 4.20. The number of anilines is 1. The molecule has 1 heterocycles. The molecule has 1 aromatic carbocycles. The molecular weight excluding hydrogens is 246 g/mol. The maximum absolute atomic E-state index is 11.4. The Labute approximate surface area is 110 Å². The van der Waals surface area contributed by atoms with Crippen molar-refractivity contribution in [3.8, 4) is 0 Å². The molecule has 19 heavy (non-hydrogen) atoms. The lowest BCUT2D eigenvalue weighted by atomic mass is 10.2. The zero-order chi connectivity index (χ0) is 13.7. The molecule has 0 aliphatic heterocycles. The van der Waals surface area contributed by atoms with Crippen molar-refractivity contribution in [2.75, 3.05) is 12.4 Å². The summed E-state index contributed by atoms with van der Waals surface area (Å²) in [7, 11) is 1.32. The van der Waals surface area contributed by atoms with Crippen LogP contribution in [0.4, 0.5) is 5.69 Å². The van der Waals surface area contributed by atoms with Crippen LogP contribution in [0.1, 0.15) is 21.7 Å². The molecule has 0 bridgehead atoms. The highest BCUT2D eigenvalue weighted by Crippen LogP contribution is 2.15. The largest absolute Gasteiger partial charge is 0.463 e. The van der Waals surface area contributed by atoms with Gasteiger partial charge in [0.05, 0.1) is 20.0 Å². The molecule has 2 N–H and O–H groups in total. The van der Waals surface area contributed by atoms with E-state index in [0.29, 0.717) is 6.54 Å². The van der Waals surface area contributed by atoms with Crippen LogP contribution in [0.5, 0.6) is 0 Å². The maximum Gasteiger partial charge on any atom is 0.374 e. The summed E-state index contributed by atoms with van der Waals surface area (Å²) < 4.78 is 9.72. The van der Waals surface area contributed by atoms with Gasteiger partial charge < -0.3 is 19.6 Å². The van der Waals surface area contributed by atoms with Crippen LogP contribution in [0.2, 0.25) is 0 Å². The van der Waals surface area contributed by atoms with Gasteiger partial charge in [-0.1, -0.05) is 12.1 Å². The minimum Gasteiger partial charge on any atom is -0.463 e. The van der Waals surface area contributed by atoms with E-state index >= 15 is 0 Å². The summed E-state index contributed by atoms with van der Waals surface area (Å²) in [5.41, 5.74) is 2.48. The number of ether oxygens (including phenoxy) is 1. The third-order valence-electron chi connectivity index (χ3n) is 2.74. The molecule has 0 saturated heterocycles. The summed E-state index contributed by atoms with van der Waals surface area (Å²) >= 11 is 0. The monoisotopic (exact) mass is 261 g/mol. The number of aliphatic hydroxyl groups excluding tert-OH is 1. The molecule has 0 spiro atoms. The van der Waals surface area contributed by atoms with Crippen LogP contribution >= 0.6 is 0 Å². The van der Waals surface area contributed by atoms with Crippen molar-refractivity contribution in [2.24, 2.45) is 0 Å². The van der Waals surface area contributed by atoms with Crippen LogP contribution in [-0.4, -0.2) is 18.2 Å². The molecule has 2 aromatic rings. The Hall–Kier alpha value is -2.27. The quantitative estimate of drug-likeness (QED) is 0.807. The number of hydrogen-bond donors (Lipinski definition) is 2. The molecule has 100 valence electrons. The minimum atomic E-state index is -0.488. The molecule has 0 radical (unpaired) electrons. The Morgan fingerprint density at radius 2 is 2.05 bits per heavy atom. The molecule has 5 nitrogen and oxygen atoms in total. The average Bonchev–Trinajstić information content (AvgIpc) is 2.93. The van der Waals surface area contributed by atoms with Crippen molar-refractivity contribution >= 4 is 11.7 Å². The molecule has 1 aromatic heterocycles. The van der Waals surface area contributed by atoms with Gasteiger partial charge in [0.1, 0.15) is 0 Å². The first-order valence-corrected chi connectivity index (χ1v) is 5.83. The molecular formula is C14H15NO4. The predicted molar refractivity (Wildman–Crippen MR) is 69.7 cm³/mol. The fourth-order valence-corrected chi connectivity index (χ4v) is 1.67. The van der Waals surface area contributed by atoms with Gasteiger partial charge in [-0.2, -0.15) is 0 Å². The summed E-state index contributed by atoms with van der Waals surface area (Å²) in [6.45, 7) is 0.480. The number of carbonyl (C=O) groups is 1. The van der Waals surface area contributed by atoms with Crippen LogP contribution in [0.25, 0.3) is 0 Å². The van der Waals surface area contributed by atoms with Gasteiger partial charge in [-0.15, -0.1) is 0 Å². The maximum atomic E-state index is 11.4. The second-order valence-corrected chi connectivity index (χ2v) is 3.98. The molecule has 0 aliphatic rings. The fraction of sp³-hybridized carbons (Fsp3) is 0.214. The highest BCUT2D eigenvalue weighted by molar-refractivity contribution is 5.87. The van der Waals surface area contributed by atoms with Gasteiger partial charge >= 0.3 is 5.97 Å². The lowest BCUT2D eigenvalue weighted by Gasteiger charge is -2.06. The van der Waals surface area contributed by atoms with E-state index in [2.05, 4.69) is 10.1 Å². The molecule has 0 unspecified atom stereocenters. The third-order valence-corrected chi connectivity index (χ3v) is 2.74. The summed E-state index contributed by atoms with van der Waals surface area (Å²) in [5.74, 6) is -0.278. The van der Waals surface area contributed by atoms with Crippen LogP contribution in [0.3, 0.4) is 0 Å². The lowest BCUT2D eigenvalue weighted by Crippen LogP contribution is -2.06. The first-order valence-electron chi connectivity index (χ1n) is 5.83. The van der Waals surface area contributed by atoms with Gasteiger partial charge in [0, 0.05) is 17.8 Å². The topological polar surface area (TPSA) is 71.7 Å². The highest BCUT2D eigenvalue weighted by Gasteiger charge is 2.15. The Morgan fingerprint density at radius 1 is 1.32 bits per heavy atom. The summed E-state index contributed by atoms with van der Waals surface area (Å²) in [5, 5.41) is 12.1. The van der Waals surface area contributed by atoms with Gasteiger partial charge in [0.2, 0.25) is 5.76 Å². The number of carbonyl (C=O) groups excluding carboxylic acids is 1. The molecule has 0 aliphatic carbocycles. The number of furan rings is 1. The standard InChI is InChI=1S/C14H15NO4/c1-18-14(17)13-11(6-7-19-13)8-15-12-4-2-10(9-16)3-5-12/h2-7,15-16H,8-9H2,1H3. The summed E-state index contributed by atoms with van der Waals surface area (Å²) in [6.07, 6.45) is 1.46. The van der Waals surface area contributed by atoms with Crippen molar-refractivity contribution < 1.29 is 19.1 Å². The van der Waals surface area contributed by atoms with E-state index in [1.54, 1.807) is 6.07 Å². The van der Waals surface area contributed by atoms with Gasteiger partial charge in [-0.3, -0.25) is 0 Å². The normalized spacial score (nSPS) is 10.2. The molecule has 0 saturated carbocycles. The van der Waals surface area contributed by atoms with Crippen molar-refractivity contribution in [2.45, 2.75) is 13.2 Å².